The summed E-state index contributed by atoms with van der Waals surface area (Å²) in [5, 5.41) is 3.37. The van der Waals surface area contributed by atoms with Gasteiger partial charge in [0.2, 0.25) is 0 Å². The first-order valence-corrected chi connectivity index (χ1v) is 10.9. The minimum absolute atomic E-state index is 0.157. The fourth-order valence-electron chi connectivity index (χ4n) is 4.32. The van der Waals surface area contributed by atoms with Crippen LogP contribution in [-0.2, 0) is 5.54 Å². The Morgan fingerprint density at radius 1 is 0.794 bits per heavy atom. The third-order valence-corrected chi connectivity index (χ3v) is 5.71. The number of amidine groups is 1. The maximum absolute atomic E-state index is 15.2. The molecule has 3 heterocycles. The molecule has 1 aliphatic heterocycles. The van der Waals surface area contributed by atoms with Gasteiger partial charge in [0, 0.05) is 41.7 Å². The van der Waals surface area contributed by atoms with Gasteiger partial charge in [-0.15, -0.1) is 0 Å². The van der Waals surface area contributed by atoms with E-state index >= 15 is 4.39 Å². The number of nitrogens with zero attached hydrogens (tertiary/aromatic N) is 3. The molecule has 0 aliphatic carbocycles. The first-order valence-electron chi connectivity index (χ1n) is 10.9. The van der Waals surface area contributed by atoms with Gasteiger partial charge < -0.3 is 5.32 Å². The van der Waals surface area contributed by atoms with Crippen molar-refractivity contribution in [1.29, 1.82) is 0 Å². The standard InChI is InChI=1S/C25H17F3N4.C2H6/c1-29-24-18-4-2-3-5-20(18)25(32-24,21-8-9-30-14-23(21)28)16-6-7-22(27)19(11-16)15-10-17(26)13-31-12-15;1-2/h2-14H,1H3,(H,29,32);1-2H3. The van der Waals surface area contributed by atoms with E-state index in [1.807, 2.05) is 38.1 Å². The van der Waals surface area contributed by atoms with Crippen molar-refractivity contribution in [1.82, 2.24) is 15.3 Å². The Morgan fingerprint density at radius 2 is 1.59 bits per heavy atom. The zero-order valence-corrected chi connectivity index (χ0v) is 19.0. The number of hydrogen-bond acceptors (Lipinski definition) is 3. The molecule has 0 spiro atoms. The van der Waals surface area contributed by atoms with Crippen molar-refractivity contribution in [3.8, 4) is 11.1 Å². The number of nitrogens with one attached hydrogen (secondary N) is 1. The van der Waals surface area contributed by atoms with E-state index in [1.54, 1.807) is 25.2 Å². The molecule has 1 unspecified atom stereocenters. The molecule has 34 heavy (non-hydrogen) atoms. The molecule has 2 aromatic heterocycles. The SMILES string of the molecule is CC.CN=C1NC(c2ccc(F)c(-c3cncc(F)c3)c2)(c2ccncc2F)c2ccccc21. The molecule has 7 heteroatoms. The minimum Gasteiger partial charge on any atom is -0.352 e. The normalized spacial score (nSPS) is 17.5. The lowest BCUT2D eigenvalue weighted by molar-refractivity contribution is 0.524. The van der Waals surface area contributed by atoms with E-state index in [0.29, 0.717) is 17.0 Å². The first-order chi connectivity index (χ1) is 16.5. The smallest absolute Gasteiger partial charge is 0.147 e. The van der Waals surface area contributed by atoms with Gasteiger partial charge in [-0.05, 0) is 35.4 Å². The number of halogens is 3. The van der Waals surface area contributed by atoms with E-state index in [1.165, 1.54) is 24.5 Å². The van der Waals surface area contributed by atoms with Gasteiger partial charge in [-0.2, -0.15) is 0 Å². The van der Waals surface area contributed by atoms with Gasteiger partial charge in [0.25, 0.3) is 0 Å². The van der Waals surface area contributed by atoms with Gasteiger partial charge in [0.1, 0.15) is 28.8 Å². The predicted octanol–water partition coefficient (Wildman–Crippen LogP) is 5.86. The fourth-order valence-corrected chi connectivity index (χ4v) is 4.32. The minimum atomic E-state index is -1.19. The van der Waals surface area contributed by atoms with Crippen molar-refractivity contribution in [3.63, 3.8) is 0 Å². The highest BCUT2D eigenvalue weighted by Crippen LogP contribution is 2.44. The lowest BCUT2D eigenvalue weighted by Crippen LogP contribution is -2.42. The van der Waals surface area contributed by atoms with Crippen LogP contribution >= 0.6 is 0 Å². The highest BCUT2D eigenvalue weighted by atomic mass is 19.1. The molecule has 4 aromatic rings. The summed E-state index contributed by atoms with van der Waals surface area (Å²) in [4.78, 5) is 12.1. The number of rotatable bonds is 3. The summed E-state index contributed by atoms with van der Waals surface area (Å²) in [7, 11) is 1.65. The number of pyridine rings is 2. The predicted molar refractivity (Wildman–Crippen MR) is 127 cm³/mol. The van der Waals surface area contributed by atoms with E-state index in [4.69, 9.17) is 0 Å². The Morgan fingerprint density at radius 3 is 2.32 bits per heavy atom. The van der Waals surface area contributed by atoms with Crippen molar-refractivity contribution in [2.24, 2.45) is 4.99 Å². The van der Waals surface area contributed by atoms with Crippen LogP contribution in [0.25, 0.3) is 11.1 Å². The molecular weight excluding hydrogens is 437 g/mol. The average molecular weight is 461 g/mol. The van der Waals surface area contributed by atoms with Crippen molar-refractivity contribution >= 4 is 5.84 Å². The van der Waals surface area contributed by atoms with Gasteiger partial charge in [-0.3, -0.25) is 15.0 Å². The van der Waals surface area contributed by atoms with Crippen LogP contribution in [0.2, 0.25) is 0 Å². The molecule has 1 atom stereocenters. The second-order valence-electron chi connectivity index (χ2n) is 7.43. The summed E-state index contributed by atoms with van der Waals surface area (Å²) in [5.74, 6) is -1.06. The van der Waals surface area contributed by atoms with Crippen LogP contribution in [0.4, 0.5) is 13.2 Å². The van der Waals surface area contributed by atoms with Gasteiger partial charge in [-0.25, -0.2) is 13.2 Å². The summed E-state index contributed by atoms with van der Waals surface area (Å²) in [6, 6.07) is 14.8. The van der Waals surface area contributed by atoms with Crippen molar-refractivity contribution < 1.29 is 13.2 Å². The van der Waals surface area contributed by atoms with Crippen LogP contribution in [0.3, 0.4) is 0 Å². The zero-order chi connectivity index (χ0) is 24.3. The van der Waals surface area contributed by atoms with Crippen LogP contribution in [-0.4, -0.2) is 22.9 Å². The first kappa shape index (κ1) is 23.2. The number of hydrogen-bond donors (Lipinski definition) is 1. The molecule has 172 valence electrons. The highest BCUT2D eigenvalue weighted by molar-refractivity contribution is 6.05. The molecule has 1 aliphatic rings. The molecule has 0 saturated heterocycles. The Hall–Kier alpha value is -4.00. The van der Waals surface area contributed by atoms with Crippen molar-refractivity contribution in [2.45, 2.75) is 19.4 Å². The number of benzene rings is 2. The zero-order valence-electron chi connectivity index (χ0n) is 19.0. The van der Waals surface area contributed by atoms with Crippen LogP contribution in [0.5, 0.6) is 0 Å². The highest BCUT2D eigenvalue weighted by Gasteiger charge is 2.46. The second kappa shape index (κ2) is 9.47. The fraction of sp³-hybridized carbons (Fsp3) is 0.148. The summed E-state index contributed by atoms with van der Waals surface area (Å²) in [5.41, 5.74) is 1.70. The molecule has 0 saturated carbocycles. The summed E-state index contributed by atoms with van der Waals surface area (Å²) in [6.45, 7) is 4.00. The molecule has 1 N–H and O–H groups in total. The van der Waals surface area contributed by atoms with E-state index in [9.17, 15) is 8.78 Å². The Kier molecular flexibility index (Phi) is 6.45. The number of aliphatic imine (C=N–C) groups is 1. The summed E-state index contributed by atoms with van der Waals surface area (Å²) in [6.07, 6.45) is 5.09. The van der Waals surface area contributed by atoms with E-state index in [-0.39, 0.29) is 11.1 Å². The van der Waals surface area contributed by atoms with Crippen molar-refractivity contribution in [2.75, 3.05) is 7.05 Å². The molecule has 0 fully saturated rings. The van der Waals surface area contributed by atoms with Crippen LogP contribution < -0.4 is 5.32 Å². The Labute approximate surface area is 196 Å². The van der Waals surface area contributed by atoms with Gasteiger partial charge in [0.05, 0.1) is 12.4 Å². The topological polar surface area (TPSA) is 50.2 Å². The molecule has 2 aromatic carbocycles. The van der Waals surface area contributed by atoms with Crippen molar-refractivity contribution in [3.05, 3.63) is 119 Å². The van der Waals surface area contributed by atoms with Gasteiger partial charge >= 0.3 is 0 Å². The third-order valence-electron chi connectivity index (χ3n) is 5.71. The van der Waals surface area contributed by atoms with E-state index < -0.39 is 23.0 Å². The molecule has 0 amide bonds. The largest absolute Gasteiger partial charge is 0.352 e. The second-order valence-corrected chi connectivity index (χ2v) is 7.43. The third kappa shape index (κ3) is 3.73. The quantitative estimate of drug-likeness (QED) is 0.417. The van der Waals surface area contributed by atoms with Crippen LogP contribution in [0, 0.1) is 17.5 Å². The molecule has 0 radical (unpaired) electrons. The van der Waals surface area contributed by atoms with Gasteiger partial charge in [0.15, 0.2) is 0 Å². The number of aromatic nitrogens is 2. The summed E-state index contributed by atoms with van der Waals surface area (Å²) < 4.78 is 43.8. The van der Waals surface area contributed by atoms with Crippen LogP contribution in [0.15, 0.2) is 84.4 Å². The van der Waals surface area contributed by atoms with E-state index in [2.05, 4.69) is 20.3 Å². The molecular formula is C27H23F3N4. The Bertz CT molecular complexity index is 1370. The lowest BCUT2D eigenvalue weighted by Gasteiger charge is -2.33. The molecule has 5 rings (SSSR count). The Balaban J connectivity index is 0.00000133. The maximum Gasteiger partial charge on any atom is 0.147 e. The number of fused-ring (bicyclic) bond motifs is 1. The van der Waals surface area contributed by atoms with Gasteiger partial charge in [-0.1, -0.05) is 44.2 Å². The molecule has 0 bridgehead atoms. The van der Waals surface area contributed by atoms with Crippen LogP contribution in [0.1, 0.15) is 36.1 Å². The maximum atomic E-state index is 15.2. The summed E-state index contributed by atoms with van der Waals surface area (Å²) >= 11 is 0. The lowest BCUT2D eigenvalue weighted by atomic mass is 9.77. The molecule has 4 nitrogen and oxygen atoms in total. The monoisotopic (exact) mass is 460 g/mol. The average Bonchev–Trinajstić information content (AvgIpc) is 3.21. The van der Waals surface area contributed by atoms with E-state index in [0.717, 1.165) is 23.5 Å².